The number of benzene rings is 2. The molecular weight excluding hydrogens is 284 g/mol. The number of aromatic hydroxyl groups is 1. The van der Waals surface area contributed by atoms with Gasteiger partial charge in [0.05, 0.1) is 10.4 Å². The molecule has 0 atom stereocenters. The number of aromatic nitrogens is 1. The van der Waals surface area contributed by atoms with Crippen molar-refractivity contribution in [3.8, 4) is 5.88 Å². The largest absolute Gasteiger partial charge is 0.493 e. The van der Waals surface area contributed by atoms with E-state index in [9.17, 15) is 15.2 Å². The summed E-state index contributed by atoms with van der Waals surface area (Å²) in [6, 6.07) is 11.6. The molecule has 0 amide bonds. The Balaban J connectivity index is 2.09. The Bertz CT molecular complexity index is 899. The first kappa shape index (κ1) is 13.7. The number of fused-ring (bicyclic) bond motifs is 1. The van der Waals surface area contributed by atoms with Gasteiger partial charge in [0.25, 0.3) is 5.69 Å². The van der Waals surface area contributed by atoms with Crippen LogP contribution in [0.5, 0.6) is 5.88 Å². The number of nitro groups is 1. The molecule has 0 aliphatic rings. The Morgan fingerprint density at radius 3 is 2.73 bits per heavy atom. The molecule has 3 rings (SSSR count). The summed E-state index contributed by atoms with van der Waals surface area (Å²) < 4.78 is 0. The summed E-state index contributed by atoms with van der Waals surface area (Å²) in [6.07, 6.45) is 0. The summed E-state index contributed by atoms with van der Waals surface area (Å²) in [7, 11) is 0. The Kier molecular flexibility index (Phi) is 3.30. The van der Waals surface area contributed by atoms with Crippen molar-refractivity contribution < 1.29 is 10.0 Å². The van der Waals surface area contributed by atoms with Gasteiger partial charge in [-0.15, -0.1) is 10.2 Å². The van der Waals surface area contributed by atoms with E-state index in [0.717, 1.165) is 11.1 Å². The van der Waals surface area contributed by atoms with Crippen molar-refractivity contribution in [2.24, 2.45) is 10.2 Å². The lowest BCUT2D eigenvalue weighted by Crippen LogP contribution is -1.86. The predicted octanol–water partition coefficient (Wildman–Crippen LogP) is 4.51. The van der Waals surface area contributed by atoms with E-state index >= 15 is 0 Å². The van der Waals surface area contributed by atoms with Gasteiger partial charge in [0.15, 0.2) is 11.4 Å². The molecule has 2 N–H and O–H groups in total. The fraction of sp³-hybridized carbons (Fsp3) is 0.0667. The van der Waals surface area contributed by atoms with E-state index in [0.29, 0.717) is 5.39 Å². The lowest BCUT2D eigenvalue weighted by Gasteiger charge is -1.96. The second-order valence-corrected chi connectivity index (χ2v) is 4.82. The maximum absolute atomic E-state index is 11.0. The molecule has 1 heterocycles. The second kappa shape index (κ2) is 5.28. The number of aryl methyl sites for hydroxylation is 1. The van der Waals surface area contributed by atoms with Crippen LogP contribution < -0.4 is 0 Å². The number of nitro benzene ring substituents is 1. The van der Waals surface area contributed by atoms with Crippen LogP contribution in [0.2, 0.25) is 0 Å². The van der Waals surface area contributed by atoms with E-state index in [1.807, 2.05) is 25.1 Å². The van der Waals surface area contributed by atoms with Gasteiger partial charge in [-0.1, -0.05) is 23.8 Å². The average Bonchev–Trinajstić information content (AvgIpc) is 2.80. The van der Waals surface area contributed by atoms with Gasteiger partial charge in [-0.3, -0.25) is 10.1 Å². The third kappa shape index (κ3) is 2.39. The highest BCUT2D eigenvalue weighted by Gasteiger charge is 2.14. The number of hydrogen-bond acceptors (Lipinski definition) is 5. The smallest absolute Gasteiger partial charge is 0.296 e. The van der Waals surface area contributed by atoms with Crippen molar-refractivity contribution in [1.82, 2.24) is 4.98 Å². The third-order valence-electron chi connectivity index (χ3n) is 3.24. The standard InChI is InChI=1S/C15H12N4O3/c1-9-6-7-11-10(8-9)14(15(20)16-11)18-17-12-4-2-3-5-13(12)19(21)22/h2-8,16,20H,1H3. The van der Waals surface area contributed by atoms with Crippen molar-refractivity contribution in [2.75, 3.05) is 0 Å². The number of H-pyrrole nitrogens is 1. The van der Waals surface area contributed by atoms with Crippen LogP contribution in [0.15, 0.2) is 52.7 Å². The van der Waals surface area contributed by atoms with Gasteiger partial charge in [-0.25, -0.2) is 0 Å². The molecule has 0 aliphatic heterocycles. The SMILES string of the molecule is Cc1ccc2[nH]c(O)c(N=Nc3ccccc3[N+](=O)[O-])c2c1. The fourth-order valence-corrected chi connectivity index (χ4v) is 2.19. The normalized spacial score (nSPS) is 11.3. The molecule has 7 heteroatoms. The minimum Gasteiger partial charge on any atom is -0.493 e. The maximum atomic E-state index is 11.0. The fourth-order valence-electron chi connectivity index (χ4n) is 2.19. The summed E-state index contributed by atoms with van der Waals surface area (Å²) in [5.74, 6) is -0.122. The molecule has 0 aliphatic carbocycles. The van der Waals surface area contributed by atoms with Gasteiger partial charge in [-0.2, -0.15) is 0 Å². The molecule has 0 spiro atoms. The summed E-state index contributed by atoms with van der Waals surface area (Å²) in [6.45, 7) is 1.92. The molecule has 0 saturated heterocycles. The quantitative estimate of drug-likeness (QED) is 0.422. The highest BCUT2D eigenvalue weighted by Crippen LogP contribution is 2.37. The van der Waals surface area contributed by atoms with E-state index in [4.69, 9.17) is 0 Å². The van der Waals surface area contributed by atoms with E-state index < -0.39 is 4.92 Å². The highest BCUT2D eigenvalue weighted by atomic mass is 16.6. The van der Waals surface area contributed by atoms with Crippen LogP contribution in [0.1, 0.15) is 5.56 Å². The van der Waals surface area contributed by atoms with Crippen LogP contribution in [0.25, 0.3) is 10.9 Å². The maximum Gasteiger partial charge on any atom is 0.296 e. The van der Waals surface area contributed by atoms with E-state index in [-0.39, 0.29) is 22.9 Å². The van der Waals surface area contributed by atoms with Gasteiger partial charge in [0, 0.05) is 11.5 Å². The van der Waals surface area contributed by atoms with Gasteiger partial charge in [-0.05, 0) is 25.1 Å². The third-order valence-corrected chi connectivity index (χ3v) is 3.24. The van der Waals surface area contributed by atoms with Crippen LogP contribution in [-0.2, 0) is 0 Å². The van der Waals surface area contributed by atoms with Gasteiger partial charge < -0.3 is 10.1 Å². The van der Waals surface area contributed by atoms with Gasteiger partial charge in [0.1, 0.15) is 0 Å². The molecule has 0 radical (unpaired) electrons. The molecule has 7 nitrogen and oxygen atoms in total. The molecule has 0 saturated carbocycles. The van der Waals surface area contributed by atoms with E-state index in [1.54, 1.807) is 12.1 Å². The van der Waals surface area contributed by atoms with Gasteiger partial charge in [0.2, 0.25) is 5.88 Å². The molecular formula is C15H12N4O3. The van der Waals surface area contributed by atoms with Crippen LogP contribution in [0.4, 0.5) is 17.1 Å². The molecule has 0 bridgehead atoms. The number of rotatable bonds is 3. The molecule has 22 heavy (non-hydrogen) atoms. The second-order valence-electron chi connectivity index (χ2n) is 4.82. The Hall–Kier alpha value is -3.22. The summed E-state index contributed by atoms with van der Waals surface area (Å²) in [5, 5.41) is 29.5. The van der Waals surface area contributed by atoms with Crippen molar-refractivity contribution in [1.29, 1.82) is 0 Å². The van der Waals surface area contributed by atoms with Crippen LogP contribution >= 0.6 is 0 Å². The minimum absolute atomic E-state index is 0.122. The molecule has 110 valence electrons. The Morgan fingerprint density at radius 2 is 1.95 bits per heavy atom. The van der Waals surface area contributed by atoms with Crippen LogP contribution in [0, 0.1) is 17.0 Å². The van der Waals surface area contributed by atoms with E-state index in [1.165, 1.54) is 12.1 Å². The topological polar surface area (TPSA) is 104 Å². The number of nitrogens with one attached hydrogen (secondary N) is 1. The van der Waals surface area contributed by atoms with Crippen molar-refractivity contribution in [2.45, 2.75) is 6.92 Å². The monoisotopic (exact) mass is 296 g/mol. The molecule has 0 unspecified atom stereocenters. The number of nitrogens with zero attached hydrogens (tertiary/aromatic N) is 3. The lowest BCUT2D eigenvalue weighted by atomic mass is 10.1. The molecule has 1 aromatic heterocycles. The lowest BCUT2D eigenvalue weighted by molar-refractivity contribution is -0.384. The first-order chi connectivity index (χ1) is 10.6. The summed E-state index contributed by atoms with van der Waals surface area (Å²) >= 11 is 0. The summed E-state index contributed by atoms with van der Waals surface area (Å²) in [5.41, 5.74) is 1.99. The zero-order valence-corrected chi connectivity index (χ0v) is 11.6. The van der Waals surface area contributed by atoms with Crippen LogP contribution in [-0.4, -0.2) is 15.0 Å². The Morgan fingerprint density at radius 1 is 1.18 bits per heavy atom. The first-order valence-electron chi connectivity index (χ1n) is 6.52. The minimum atomic E-state index is -0.520. The Labute approximate surface area is 125 Å². The highest BCUT2D eigenvalue weighted by molar-refractivity contribution is 5.94. The average molecular weight is 296 g/mol. The van der Waals surface area contributed by atoms with Crippen molar-refractivity contribution >= 4 is 28.0 Å². The zero-order chi connectivity index (χ0) is 15.7. The summed E-state index contributed by atoms with van der Waals surface area (Å²) in [4.78, 5) is 13.2. The molecule has 2 aromatic carbocycles. The number of para-hydroxylation sites is 1. The van der Waals surface area contributed by atoms with Crippen LogP contribution in [0.3, 0.4) is 0 Å². The van der Waals surface area contributed by atoms with Crippen molar-refractivity contribution in [3.63, 3.8) is 0 Å². The molecule has 3 aromatic rings. The number of aromatic amines is 1. The van der Waals surface area contributed by atoms with E-state index in [2.05, 4.69) is 15.2 Å². The number of hydrogen-bond donors (Lipinski definition) is 2. The zero-order valence-electron chi connectivity index (χ0n) is 11.6. The molecule has 0 fully saturated rings. The van der Waals surface area contributed by atoms with Crippen molar-refractivity contribution in [3.05, 3.63) is 58.1 Å². The predicted molar refractivity (Wildman–Crippen MR) is 82.0 cm³/mol. The number of azo groups is 1. The van der Waals surface area contributed by atoms with Gasteiger partial charge >= 0.3 is 0 Å². The first-order valence-corrected chi connectivity index (χ1v) is 6.52.